The van der Waals surface area contributed by atoms with E-state index in [1.54, 1.807) is 0 Å². The molecule has 0 spiro atoms. The van der Waals surface area contributed by atoms with Gasteiger partial charge < -0.3 is 5.73 Å². The lowest BCUT2D eigenvalue weighted by Gasteiger charge is -2.08. The summed E-state index contributed by atoms with van der Waals surface area (Å²) in [6, 6.07) is 0.388. The van der Waals surface area contributed by atoms with Gasteiger partial charge in [-0.1, -0.05) is 20.3 Å². The van der Waals surface area contributed by atoms with E-state index < -0.39 is 0 Å². The fraction of sp³-hybridized carbons (Fsp3) is 1.00. The highest BCUT2D eigenvalue weighted by molar-refractivity contribution is 7.99. The fourth-order valence-corrected chi connectivity index (χ4v) is 1.98. The first-order valence-electron chi connectivity index (χ1n) is 5.04. The molecular formula is C10H23NS. The van der Waals surface area contributed by atoms with Gasteiger partial charge in [0.05, 0.1) is 0 Å². The van der Waals surface area contributed by atoms with Gasteiger partial charge in [-0.15, -0.1) is 0 Å². The summed E-state index contributed by atoms with van der Waals surface area (Å²) in [6.07, 6.45) is 5.09. The zero-order valence-electron chi connectivity index (χ0n) is 8.68. The van der Waals surface area contributed by atoms with Crippen LogP contribution in [0, 0.1) is 0 Å². The summed E-state index contributed by atoms with van der Waals surface area (Å²) in [5.74, 6) is 1.31. The highest BCUT2D eigenvalue weighted by Crippen LogP contribution is 2.15. The molecule has 0 aliphatic rings. The molecule has 74 valence electrons. The maximum absolute atomic E-state index is 5.65. The molecule has 2 atom stereocenters. The lowest BCUT2D eigenvalue weighted by molar-refractivity contribution is 0.618. The Bertz CT molecular complexity index is 93.8. The minimum Gasteiger partial charge on any atom is -0.328 e. The molecule has 2 heteroatoms. The van der Waals surface area contributed by atoms with E-state index in [0.717, 1.165) is 5.25 Å². The van der Waals surface area contributed by atoms with Crippen molar-refractivity contribution in [3.05, 3.63) is 0 Å². The molecule has 0 saturated heterocycles. The topological polar surface area (TPSA) is 26.0 Å². The summed E-state index contributed by atoms with van der Waals surface area (Å²) in [5, 5.41) is 0.834. The van der Waals surface area contributed by atoms with Crippen molar-refractivity contribution < 1.29 is 0 Å². The van der Waals surface area contributed by atoms with Gasteiger partial charge in [0.25, 0.3) is 0 Å². The first-order chi connectivity index (χ1) is 5.66. The summed E-state index contributed by atoms with van der Waals surface area (Å²) in [7, 11) is 0. The zero-order chi connectivity index (χ0) is 9.40. The molecule has 0 rings (SSSR count). The summed E-state index contributed by atoms with van der Waals surface area (Å²) in [6.45, 7) is 6.64. The van der Waals surface area contributed by atoms with E-state index in [4.69, 9.17) is 5.73 Å². The number of unbranched alkanes of at least 4 members (excludes halogenated alkanes) is 1. The second kappa shape index (κ2) is 7.93. The van der Waals surface area contributed by atoms with E-state index in [0.29, 0.717) is 6.04 Å². The van der Waals surface area contributed by atoms with Gasteiger partial charge in [0.2, 0.25) is 0 Å². The summed E-state index contributed by atoms with van der Waals surface area (Å²) in [5.41, 5.74) is 5.65. The minimum atomic E-state index is 0.388. The van der Waals surface area contributed by atoms with E-state index in [9.17, 15) is 0 Å². The van der Waals surface area contributed by atoms with Crippen LogP contribution in [0.3, 0.4) is 0 Å². The van der Waals surface area contributed by atoms with Gasteiger partial charge in [-0.3, -0.25) is 0 Å². The number of hydrogen-bond acceptors (Lipinski definition) is 2. The highest BCUT2D eigenvalue weighted by atomic mass is 32.2. The lowest BCUT2D eigenvalue weighted by atomic mass is 10.2. The average molecular weight is 189 g/mol. The molecule has 2 N–H and O–H groups in total. The largest absolute Gasteiger partial charge is 0.328 e. The fourth-order valence-electron chi connectivity index (χ4n) is 0.971. The first kappa shape index (κ1) is 12.3. The number of nitrogens with two attached hydrogens (primary N) is 1. The molecule has 2 unspecified atom stereocenters. The van der Waals surface area contributed by atoms with Crippen LogP contribution in [0.2, 0.25) is 0 Å². The maximum atomic E-state index is 5.65. The van der Waals surface area contributed by atoms with Crippen LogP contribution in [0.25, 0.3) is 0 Å². The second-order valence-electron chi connectivity index (χ2n) is 3.56. The van der Waals surface area contributed by atoms with Crippen LogP contribution in [0.1, 0.15) is 46.5 Å². The van der Waals surface area contributed by atoms with Gasteiger partial charge in [-0.25, -0.2) is 0 Å². The molecular weight excluding hydrogens is 166 g/mol. The average Bonchev–Trinajstić information content (AvgIpc) is 2.03. The third-order valence-electron chi connectivity index (χ3n) is 2.03. The Kier molecular flexibility index (Phi) is 8.14. The first-order valence-corrected chi connectivity index (χ1v) is 6.08. The van der Waals surface area contributed by atoms with Crippen molar-refractivity contribution in [2.75, 3.05) is 5.75 Å². The van der Waals surface area contributed by atoms with Crippen LogP contribution >= 0.6 is 11.8 Å². The van der Waals surface area contributed by atoms with Gasteiger partial charge in [0.15, 0.2) is 0 Å². The van der Waals surface area contributed by atoms with Crippen molar-refractivity contribution in [2.24, 2.45) is 5.73 Å². The van der Waals surface area contributed by atoms with Gasteiger partial charge >= 0.3 is 0 Å². The Morgan fingerprint density at radius 3 is 2.42 bits per heavy atom. The van der Waals surface area contributed by atoms with E-state index in [-0.39, 0.29) is 0 Å². The van der Waals surface area contributed by atoms with E-state index in [1.165, 1.54) is 31.4 Å². The second-order valence-corrected chi connectivity index (χ2v) is 5.11. The SMILES string of the molecule is CCC(C)SCCCCC(C)N. The molecule has 0 aromatic carbocycles. The van der Waals surface area contributed by atoms with Crippen molar-refractivity contribution in [3.8, 4) is 0 Å². The quantitative estimate of drug-likeness (QED) is 0.623. The van der Waals surface area contributed by atoms with Crippen LogP contribution in [-0.2, 0) is 0 Å². The molecule has 12 heavy (non-hydrogen) atoms. The Morgan fingerprint density at radius 1 is 1.25 bits per heavy atom. The van der Waals surface area contributed by atoms with Gasteiger partial charge in [-0.2, -0.15) is 11.8 Å². The van der Waals surface area contributed by atoms with Gasteiger partial charge in [-0.05, 0) is 31.9 Å². The van der Waals surface area contributed by atoms with Crippen LogP contribution in [0.4, 0.5) is 0 Å². The number of hydrogen-bond donors (Lipinski definition) is 1. The number of rotatable bonds is 7. The zero-order valence-corrected chi connectivity index (χ0v) is 9.49. The smallest absolute Gasteiger partial charge is 0.00160 e. The Labute approximate surface area is 81.5 Å². The highest BCUT2D eigenvalue weighted by Gasteiger charge is 1.98. The molecule has 0 aromatic rings. The molecule has 0 heterocycles. The van der Waals surface area contributed by atoms with Crippen molar-refractivity contribution in [1.29, 1.82) is 0 Å². The van der Waals surface area contributed by atoms with Crippen LogP contribution < -0.4 is 5.73 Å². The van der Waals surface area contributed by atoms with Crippen molar-refractivity contribution >= 4 is 11.8 Å². The molecule has 1 nitrogen and oxygen atoms in total. The Hall–Kier alpha value is 0.310. The summed E-state index contributed by atoms with van der Waals surface area (Å²) in [4.78, 5) is 0. The van der Waals surface area contributed by atoms with Crippen LogP contribution in [0.5, 0.6) is 0 Å². The van der Waals surface area contributed by atoms with Crippen LogP contribution in [0.15, 0.2) is 0 Å². The third kappa shape index (κ3) is 8.41. The van der Waals surface area contributed by atoms with E-state index in [2.05, 4.69) is 32.5 Å². The molecule has 0 radical (unpaired) electrons. The molecule has 0 aliphatic carbocycles. The number of thioether (sulfide) groups is 1. The third-order valence-corrected chi connectivity index (χ3v) is 3.46. The van der Waals surface area contributed by atoms with Crippen molar-refractivity contribution in [2.45, 2.75) is 57.7 Å². The molecule has 0 saturated carbocycles. The molecule has 0 aromatic heterocycles. The maximum Gasteiger partial charge on any atom is 0.00160 e. The minimum absolute atomic E-state index is 0.388. The Morgan fingerprint density at radius 2 is 1.92 bits per heavy atom. The summed E-state index contributed by atoms with van der Waals surface area (Å²) < 4.78 is 0. The van der Waals surface area contributed by atoms with Gasteiger partial charge in [0, 0.05) is 11.3 Å². The van der Waals surface area contributed by atoms with Crippen LogP contribution in [-0.4, -0.2) is 17.0 Å². The van der Waals surface area contributed by atoms with Crippen molar-refractivity contribution in [3.63, 3.8) is 0 Å². The standard InChI is InChI=1S/C10H23NS/c1-4-10(3)12-8-6-5-7-9(2)11/h9-10H,4-8,11H2,1-3H3. The van der Waals surface area contributed by atoms with Crippen molar-refractivity contribution in [1.82, 2.24) is 0 Å². The lowest BCUT2D eigenvalue weighted by Crippen LogP contribution is -2.14. The molecule has 0 amide bonds. The molecule has 0 bridgehead atoms. The molecule has 0 aliphatic heterocycles. The normalized spacial score (nSPS) is 16.0. The summed E-state index contributed by atoms with van der Waals surface area (Å²) >= 11 is 2.09. The van der Waals surface area contributed by atoms with E-state index >= 15 is 0 Å². The Balaban J connectivity index is 3.00. The predicted molar refractivity (Wildman–Crippen MR) is 59.7 cm³/mol. The predicted octanol–water partition coefficient (Wildman–Crippen LogP) is 3.04. The van der Waals surface area contributed by atoms with Gasteiger partial charge in [0.1, 0.15) is 0 Å². The monoisotopic (exact) mass is 189 g/mol. The molecule has 0 fully saturated rings. The van der Waals surface area contributed by atoms with E-state index in [1.807, 2.05) is 0 Å².